The lowest BCUT2D eigenvalue weighted by Gasteiger charge is -2.21. The van der Waals surface area contributed by atoms with Crippen molar-refractivity contribution in [1.29, 1.82) is 0 Å². The molecule has 1 amide bonds. The number of amides is 1. The number of ketones is 1. The number of Topliss-reactive ketones (excluding diaryl/α,β-unsaturated/α-hetero) is 1. The van der Waals surface area contributed by atoms with Gasteiger partial charge in [0.05, 0.1) is 12.5 Å². The van der Waals surface area contributed by atoms with E-state index in [2.05, 4.69) is 10.3 Å². The van der Waals surface area contributed by atoms with Crippen LogP contribution < -0.4 is 5.32 Å². The summed E-state index contributed by atoms with van der Waals surface area (Å²) in [7, 11) is 0. The van der Waals surface area contributed by atoms with Crippen LogP contribution in [0.15, 0.2) is 30.5 Å². The quantitative estimate of drug-likeness (QED) is 0.850. The summed E-state index contributed by atoms with van der Waals surface area (Å²) in [6.07, 6.45) is 3.00. The molecule has 4 heteroatoms. The van der Waals surface area contributed by atoms with E-state index in [4.69, 9.17) is 0 Å². The van der Waals surface area contributed by atoms with Crippen molar-refractivity contribution >= 4 is 22.6 Å². The van der Waals surface area contributed by atoms with Crippen molar-refractivity contribution < 1.29 is 9.59 Å². The summed E-state index contributed by atoms with van der Waals surface area (Å²) in [6, 6.07) is 7.49. The maximum Gasteiger partial charge on any atom is 0.225 e. The summed E-state index contributed by atoms with van der Waals surface area (Å²) in [5, 5.41) is 3.92. The predicted octanol–water partition coefficient (Wildman–Crippen LogP) is 3.86. The van der Waals surface area contributed by atoms with Gasteiger partial charge in [-0.2, -0.15) is 0 Å². The van der Waals surface area contributed by atoms with Crippen molar-refractivity contribution in [2.75, 3.05) is 0 Å². The zero-order chi connectivity index (χ0) is 17.4. The van der Waals surface area contributed by atoms with Gasteiger partial charge in [-0.25, -0.2) is 0 Å². The SMILES string of the molecule is CC.CC[C@H](C)C(NC(=O)Cc1c[nH]c2ccccc12)C(C)=O. The third-order valence-electron chi connectivity index (χ3n) is 3.99. The van der Waals surface area contributed by atoms with Crippen molar-refractivity contribution in [3.63, 3.8) is 0 Å². The van der Waals surface area contributed by atoms with Gasteiger partial charge in [0.15, 0.2) is 5.78 Å². The van der Waals surface area contributed by atoms with Crippen molar-refractivity contribution in [1.82, 2.24) is 10.3 Å². The topological polar surface area (TPSA) is 62.0 Å². The highest BCUT2D eigenvalue weighted by Gasteiger charge is 2.22. The van der Waals surface area contributed by atoms with Crippen LogP contribution in [0.1, 0.15) is 46.6 Å². The number of aromatic amines is 1. The van der Waals surface area contributed by atoms with E-state index in [9.17, 15) is 9.59 Å². The summed E-state index contributed by atoms with van der Waals surface area (Å²) < 4.78 is 0. The van der Waals surface area contributed by atoms with Crippen molar-refractivity contribution in [2.45, 2.75) is 53.5 Å². The molecule has 0 saturated heterocycles. The van der Waals surface area contributed by atoms with Gasteiger partial charge in [0, 0.05) is 17.1 Å². The Kier molecular flexibility index (Phi) is 7.52. The smallest absolute Gasteiger partial charge is 0.225 e. The zero-order valence-corrected chi connectivity index (χ0v) is 14.8. The van der Waals surface area contributed by atoms with Crippen molar-refractivity contribution in [3.8, 4) is 0 Å². The second-order valence-electron chi connectivity index (χ2n) is 5.58. The molecule has 2 N–H and O–H groups in total. The monoisotopic (exact) mass is 316 g/mol. The molecule has 2 rings (SSSR count). The maximum atomic E-state index is 12.2. The second-order valence-corrected chi connectivity index (χ2v) is 5.58. The number of carbonyl (C=O) groups excluding carboxylic acids is 2. The molecule has 23 heavy (non-hydrogen) atoms. The highest BCUT2D eigenvalue weighted by Crippen LogP contribution is 2.18. The highest BCUT2D eigenvalue weighted by atomic mass is 16.2. The number of nitrogens with one attached hydrogen (secondary N) is 2. The molecule has 0 aliphatic carbocycles. The van der Waals surface area contributed by atoms with Crippen molar-refractivity contribution in [2.24, 2.45) is 5.92 Å². The summed E-state index contributed by atoms with van der Waals surface area (Å²) in [5.74, 6) is 0.0475. The number of H-pyrrole nitrogens is 1. The van der Waals surface area contributed by atoms with E-state index in [1.54, 1.807) is 0 Å². The van der Waals surface area contributed by atoms with E-state index in [0.29, 0.717) is 0 Å². The molecule has 0 bridgehead atoms. The Bertz CT molecular complexity index is 646. The van der Waals surface area contributed by atoms with Gasteiger partial charge in [0.2, 0.25) is 5.91 Å². The summed E-state index contributed by atoms with van der Waals surface area (Å²) in [5.41, 5.74) is 1.97. The molecule has 0 radical (unpaired) electrons. The fraction of sp³-hybridized carbons (Fsp3) is 0.474. The van der Waals surface area contributed by atoms with Crippen LogP contribution in [0, 0.1) is 5.92 Å². The third kappa shape index (κ3) is 4.95. The van der Waals surface area contributed by atoms with Crippen LogP contribution in [0.25, 0.3) is 10.9 Å². The molecule has 0 fully saturated rings. The maximum absolute atomic E-state index is 12.2. The molecule has 0 aliphatic heterocycles. The Labute approximate surface area is 138 Å². The molecule has 1 aromatic heterocycles. The van der Waals surface area contributed by atoms with E-state index >= 15 is 0 Å². The number of rotatable bonds is 6. The Morgan fingerprint density at radius 2 is 1.87 bits per heavy atom. The molecule has 2 atom stereocenters. The number of carbonyl (C=O) groups is 2. The first-order valence-corrected chi connectivity index (χ1v) is 8.37. The molecular formula is C19H28N2O2. The standard InChI is InChI=1S/C17H22N2O2.C2H6/c1-4-11(2)17(12(3)20)19-16(21)9-13-10-18-15-8-6-5-7-14(13)15;1-2/h5-8,10-11,17-18H,4,9H2,1-3H3,(H,19,21);1-2H3/t11-,17?;/m0./s1. The molecule has 1 unspecified atom stereocenters. The lowest BCUT2D eigenvalue weighted by Crippen LogP contribution is -2.44. The van der Waals surface area contributed by atoms with E-state index in [1.807, 2.05) is 58.2 Å². The first-order valence-electron chi connectivity index (χ1n) is 8.37. The van der Waals surface area contributed by atoms with Gasteiger partial charge in [-0.15, -0.1) is 0 Å². The Hall–Kier alpha value is -2.10. The molecular weight excluding hydrogens is 288 g/mol. The van der Waals surface area contributed by atoms with Gasteiger partial charge < -0.3 is 10.3 Å². The molecule has 4 nitrogen and oxygen atoms in total. The minimum absolute atomic E-state index is 0.0108. The molecule has 0 spiro atoms. The van der Waals surface area contributed by atoms with E-state index < -0.39 is 6.04 Å². The number of benzene rings is 1. The van der Waals surface area contributed by atoms with Gasteiger partial charge in [-0.05, 0) is 24.5 Å². The van der Waals surface area contributed by atoms with E-state index in [-0.39, 0.29) is 24.0 Å². The minimum atomic E-state index is -0.396. The minimum Gasteiger partial charge on any atom is -0.361 e. The first-order chi connectivity index (χ1) is 11.0. The largest absolute Gasteiger partial charge is 0.361 e. The Morgan fingerprint density at radius 3 is 2.48 bits per heavy atom. The highest BCUT2D eigenvalue weighted by molar-refractivity contribution is 5.91. The van der Waals surface area contributed by atoms with Crippen LogP contribution in [0.4, 0.5) is 0 Å². The van der Waals surface area contributed by atoms with E-state index in [0.717, 1.165) is 22.9 Å². The summed E-state index contributed by atoms with van der Waals surface area (Å²) in [4.78, 5) is 27.0. The molecule has 0 aliphatic rings. The predicted molar refractivity (Wildman–Crippen MR) is 95.4 cm³/mol. The molecule has 2 aromatic rings. The molecule has 1 heterocycles. The van der Waals surface area contributed by atoms with Gasteiger partial charge in [-0.3, -0.25) is 9.59 Å². The number of fused-ring (bicyclic) bond motifs is 1. The summed E-state index contributed by atoms with van der Waals surface area (Å²) in [6.45, 7) is 9.53. The number of aromatic nitrogens is 1. The van der Waals surface area contributed by atoms with Crippen LogP contribution in [0.5, 0.6) is 0 Å². The van der Waals surface area contributed by atoms with Crippen LogP contribution in [0.2, 0.25) is 0 Å². The summed E-state index contributed by atoms with van der Waals surface area (Å²) >= 11 is 0. The lowest BCUT2D eigenvalue weighted by atomic mass is 9.96. The van der Waals surface area contributed by atoms with Gasteiger partial charge >= 0.3 is 0 Å². The van der Waals surface area contributed by atoms with Crippen LogP contribution in [0.3, 0.4) is 0 Å². The van der Waals surface area contributed by atoms with E-state index in [1.165, 1.54) is 6.92 Å². The fourth-order valence-corrected chi connectivity index (χ4v) is 2.56. The van der Waals surface area contributed by atoms with Gasteiger partial charge in [0.1, 0.15) is 0 Å². The molecule has 1 aromatic carbocycles. The third-order valence-corrected chi connectivity index (χ3v) is 3.99. The first kappa shape index (κ1) is 18.9. The lowest BCUT2D eigenvalue weighted by molar-refractivity contribution is -0.127. The zero-order valence-electron chi connectivity index (χ0n) is 14.8. The van der Waals surface area contributed by atoms with Gasteiger partial charge in [-0.1, -0.05) is 52.3 Å². The molecule has 126 valence electrons. The number of hydrogen-bond acceptors (Lipinski definition) is 2. The average molecular weight is 316 g/mol. The fourth-order valence-electron chi connectivity index (χ4n) is 2.56. The Balaban J connectivity index is 0.00000127. The van der Waals surface area contributed by atoms with Crippen molar-refractivity contribution in [3.05, 3.63) is 36.0 Å². The number of para-hydroxylation sites is 1. The van der Waals surface area contributed by atoms with Gasteiger partial charge in [0.25, 0.3) is 0 Å². The second kappa shape index (κ2) is 9.13. The number of hydrogen-bond donors (Lipinski definition) is 2. The normalized spacial score (nSPS) is 12.9. The molecule has 0 saturated carbocycles. The van der Waals surface area contributed by atoms with Crippen LogP contribution >= 0.6 is 0 Å². The van der Waals surface area contributed by atoms with Crippen LogP contribution in [-0.2, 0) is 16.0 Å². The van der Waals surface area contributed by atoms with Crippen LogP contribution in [-0.4, -0.2) is 22.7 Å². The Morgan fingerprint density at radius 1 is 1.22 bits per heavy atom. The average Bonchev–Trinajstić information content (AvgIpc) is 2.96.